The summed E-state index contributed by atoms with van der Waals surface area (Å²) in [5, 5.41) is 0. The molecule has 0 amide bonds. The fraction of sp³-hybridized carbons (Fsp3) is 0.593. The van der Waals surface area contributed by atoms with Crippen LogP contribution in [0, 0.1) is 0 Å². The zero-order valence-corrected chi connectivity index (χ0v) is 19.7. The van der Waals surface area contributed by atoms with E-state index in [9.17, 15) is 4.79 Å². The Labute approximate surface area is 175 Å². The second-order valence-electron chi connectivity index (χ2n) is 8.47. The molecular formula is C27H44O. The molecule has 0 saturated carbocycles. The summed E-state index contributed by atoms with van der Waals surface area (Å²) in [6, 6.07) is 0. The van der Waals surface area contributed by atoms with Crippen molar-refractivity contribution in [2.24, 2.45) is 0 Å². The summed E-state index contributed by atoms with van der Waals surface area (Å²) < 4.78 is 0. The molecule has 158 valence electrons. The highest BCUT2D eigenvalue weighted by atomic mass is 16.1. The molecular weight excluding hydrogens is 340 g/mol. The lowest BCUT2D eigenvalue weighted by atomic mass is 10.0. The van der Waals surface area contributed by atoms with Crippen LogP contribution < -0.4 is 0 Å². The first-order chi connectivity index (χ1) is 13.2. The molecule has 0 aromatic carbocycles. The Morgan fingerprint density at radius 2 is 1.11 bits per heavy atom. The number of carbonyl (C=O) groups is 1. The molecule has 0 N–H and O–H groups in total. The van der Waals surface area contributed by atoms with Gasteiger partial charge in [0.2, 0.25) is 0 Å². The molecule has 0 aromatic heterocycles. The summed E-state index contributed by atoms with van der Waals surface area (Å²) in [6.45, 7) is 15.1. The van der Waals surface area contributed by atoms with Crippen molar-refractivity contribution in [2.45, 2.75) is 106 Å². The molecule has 0 fully saturated rings. The molecule has 0 aliphatic heterocycles. The lowest BCUT2D eigenvalue weighted by Crippen LogP contribution is -1.95. The molecule has 0 radical (unpaired) electrons. The summed E-state index contributed by atoms with van der Waals surface area (Å²) >= 11 is 0. The molecule has 0 heterocycles. The van der Waals surface area contributed by atoms with Crippen LogP contribution in [-0.2, 0) is 4.79 Å². The molecule has 0 aliphatic rings. The van der Waals surface area contributed by atoms with E-state index in [1.165, 1.54) is 34.3 Å². The van der Waals surface area contributed by atoms with Gasteiger partial charge in [-0.05, 0) is 92.6 Å². The molecule has 0 aromatic rings. The first-order valence-corrected chi connectivity index (χ1v) is 11.0. The van der Waals surface area contributed by atoms with Crippen LogP contribution in [0.15, 0.2) is 58.2 Å². The van der Waals surface area contributed by atoms with Crippen molar-refractivity contribution in [3.63, 3.8) is 0 Å². The Morgan fingerprint density at radius 1 is 0.607 bits per heavy atom. The second kappa shape index (κ2) is 16.3. The van der Waals surface area contributed by atoms with Crippen LogP contribution in [0.5, 0.6) is 0 Å². The highest BCUT2D eigenvalue weighted by Crippen LogP contribution is 2.13. The normalized spacial score (nSPS) is 13.7. The van der Waals surface area contributed by atoms with E-state index < -0.39 is 0 Å². The molecule has 0 aliphatic carbocycles. The van der Waals surface area contributed by atoms with Gasteiger partial charge >= 0.3 is 0 Å². The highest BCUT2D eigenvalue weighted by molar-refractivity contribution is 5.91. The van der Waals surface area contributed by atoms with Gasteiger partial charge in [0.15, 0.2) is 5.78 Å². The molecule has 0 bridgehead atoms. The molecule has 0 unspecified atom stereocenters. The van der Waals surface area contributed by atoms with Crippen LogP contribution in [0.25, 0.3) is 0 Å². The van der Waals surface area contributed by atoms with Crippen LogP contribution >= 0.6 is 0 Å². The van der Waals surface area contributed by atoms with Gasteiger partial charge in [-0.2, -0.15) is 0 Å². The number of rotatable bonds is 14. The SMILES string of the molecule is CCCC(C)=CC(=O)CC(C)=CCCC=C(C)CCC=C(C)CCC=C(C)C. The average molecular weight is 385 g/mol. The van der Waals surface area contributed by atoms with Crippen molar-refractivity contribution in [1.29, 1.82) is 0 Å². The summed E-state index contributed by atoms with van der Waals surface area (Å²) in [6.07, 6.45) is 20.4. The van der Waals surface area contributed by atoms with E-state index in [1.54, 1.807) is 0 Å². The Kier molecular flexibility index (Phi) is 15.4. The van der Waals surface area contributed by atoms with Crippen LogP contribution in [-0.4, -0.2) is 5.78 Å². The fourth-order valence-corrected chi connectivity index (χ4v) is 3.14. The smallest absolute Gasteiger partial charge is 0.159 e. The van der Waals surface area contributed by atoms with Crippen molar-refractivity contribution in [1.82, 2.24) is 0 Å². The number of ketones is 1. The van der Waals surface area contributed by atoms with Gasteiger partial charge in [0.25, 0.3) is 0 Å². The summed E-state index contributed by atoms with van der Waals surface area (Å²) in [7, 11) is 0. The predicted molar refractivity (Wildman–Crippen MR) is 127 cm³/mol. The molecule has 1 nitrogen and oxygen atoms in total. The van der Waals surface area contributed by atoms with Crippen molar-refractivity contribution >= 4 is 5.78 Å². The molecule has 0 spiro atoms. The zero-order valence-electron chi connectivity index (χ0n) is 19.7. The Bertz CT molecular complexity index is 604. The minimum Gasteiger partial charge on any atom is -0.295 e. The highest BCUT2D eigenvalue weighted by Gasteiger charge is 2.00. The minimum absolute atomic E-state index is 0.234. The van der Waals surface area contributed by atoms with E-state index in [1.807, 2.05) is 13.0 Å². The van der Waals surface area contributed by atoms with E-state index in [2.05, 4.69) is 65.8 Å². The summed E-state index contributed by atoms with van der Waals surface area (Å²) in [5.41, 5.74) is 6.75. The molecule has 0 atom stereocenters. The predicted octanol–water partition coefficient (Wildman–Crippen LogP) is 8.84. The first kappa shape index (κ1) is 26.4. The minimum atomic E-state index is 0.234. The van der Waals surface area contributed by atoms with Crippen LogP contribution in [0.2, 0.25) is 0 Å². The average Bonchev–Trinajstić information content (AvgIpc) is 2.58. The lowest BCUT2D eigenvalue weighted by molar-refractivity contribution is -0.114. The standard InChI is InChI=1S/C27H44O/c1-8-13-25(6)20-27(28)21-26(7)16-10-9-15-23(4)18-12-19-24(5)17-11-14-22(2)3/h14-16,19-20H,8-13,17-18,21H2,1-7H3. The van der Waals surface area contributed by atoms with Crippen LogP contribution in [0.4, 0.5) is 0 Å². The van der Waals surface area contributed by atoms with Crippen LogP contribution in [0.3, 0.4) is 0 Å². The van der Waals surface area contributed by atoms with Crippen molar-refractivity contribution in [2.75, 3.05) is 0 Å². The van der Waals surface area contributed by atoms with E-state index in [0.717, 1.165) is 44.9 Å². The number of allylic oxidation sites excluding steroid dienone is 10. The van der Waals surface area contributed by atoms with Crippen LogP contribution in [0.1, 0.15) is 106 Å². The third-order valence-corrected chi connectivity index (χ3v) is 4.78. The zero-order chi connectivity index (χ0) is 21.4. The Hall–Kier alpha value is -1.63. The molecule has 1 heteroatoms. The third-order valence-electron chi connectivity index (χ3n) is 4.78. The largest absolute Gasteiger partial charge is 0.295 e. The van der Waals surface area contributed by atoms with Crippen molar-refractivity contribution in [3.05, 3.63) is 58.2 Å². The topological polar surface area (TPSA) is 17.1 Å². The number of carbonyl (C=O) groups excluding carboxylic acids is 1. The maximum absolute atomic E-state index is 12.0. The quantitative estimate of drug-likeness (QED) is 0.166. The van der Waals surface area contributed by atoms with Gasteiger partial charge < -0.3 is 0 Å². The molecule has 0 saturated heterocycles. The fourth-order valence-electron chi connectivity index (χ4n) is 3.14. The number of hydrogen-bond donors (Lipinski definition) is 0. The lowest BCUT2D eigenvalue weighted by Gasteiger charge is -2.02. The van der Waals surface area contributed by atoms with Gasteiger partial charge in [-0.15, -0.1) is 0 Å². The summed E-state index contributed by atoms with van der Waals surface area (Å²) in [4.78, 5) is 12.0. The Morgan fingerprint density at radius 3 is 1.64 bits per heavy atom. The van der Waals surface area contributed by atoms with Gasteiger partial charge in [0.1, 0.15) is 0 Å². The van der Waals surface area contributed by atoms with Gasteiger partial charge in [0, 0.05) is 6.42 Å². The second-order valence-corrected chi connectivity index (χ2v) is 8.47. The molecule has 0 rings (SSSR count). The van der Waals surface area contributed by atoms with E-state index in [4.69, 9.17) is 0 Å². The van der Waals surface area contributed by atoms with Crippen molar-refractivity contribution < 1.29 is 4.79 Å². The maximum atomic E-state index is 12.0. The van der Waals surface area contributed by atoms with Gasteiger partial charge in [-0.3, -0.25) is 4.79 Å². The summed E-state index contributed by atoms with van der Waals surface area (Å²) in [5.74, 6) is 0.234. The van der Waals surface area contributed by atoms with Gasteiger partial charge in [-0.25, -0.2) is 0 Å². The van der Waals surface area contributed by atoms with Gasteiger partial charge in [0.05, 0.1) is 0 Å². The number of unbranched alkanes of at least 4 members (excludes halogenated alkanes) is 1. The maximum Gasteiger partial charge on any atom is 0.159 e. The Balaban J connectivity index is 4.16. The first-order valence-electron chi connectivity index (χ1n) is 11.0. The molecule has 28 heavy (non-hydrogen) atoms. The van der Waals surface area contributed by atoms with E-state index >= 15 is 0 Å². The number of hydrogen-bond acceptors (Lipinski definition) is 1. The third kappa shape index (κ3) is 16.5. The van der Waals surface area contributed by atoms with Gasteiger partial charge in [-0.1, -0.05) is 65.5 Å². The van der Waals surface area contributed by atoms with E-state index in [0.29, 0.717) is 6.42 Å². The van der Waals surface area contributed by atoms with Crippen molar-refractivity contribution in [3.8, 4) is 0 Å². The van der Waals surface area contributed by atoms with E-state index in [-0.39, 0.29) is 5.78 Å². The monoisotopic (exact) mass is 384 g/mol.